The lowest BCUT2D eigenvalue weighted by Gasteiger charge is -2.38. The molecule has 0 atom stereocenters. The molecule has 1 nitrogen and oxygen atoms in total. The highest BCUT2D eigenvalue weighted by Gasteiger charge is 2.28. The predicted octanol–water partition coefficient (Wildman–Crippen LogP) is 3.15. The van der Waals surface area contributed by atoms with E-state index in [-0.39, 0.29) is 0 Å². The van der Waals surface area contributed by atoms with Crippen LogP contribution < -0.4 is 0 Å². The summed E-state index contributed by atoms with van der Waals surface area (Å²) >= 11 is 0. The quantitative estimate of drug-likeness (QED) is 0.557. The molecule has 1 fully saturated rings. The van der Waals surface area contributed by atoms with Crippen LogP contribution in [-0.4, -0.2) is 25.0 Å². The zero-order chi connectivity index (χ0) is 10.1. The topological polar surface area (TPSA) is 3.24 Å². The van der Waals surface area contributed by atoms with Crippen molar-refractivity contribution >= 4 is 0 Å². The molecule has 1 rings (SSSR count). The number of nitrogens with zero attached hydrogens (tertiary/aromatic N) is 1. The molecule has 0 aromatic carbocycles. The molecule has 0 aromatic rings. The Labute approximate surface area is 83.5 Å². The van der Waals surface area contributed by atoms with E-state index in [2.05, 4.69) is 39.6 Å². The van der Waals surface area contributed by atoms with E-state index in [4.69, 9.17) is 0 Å². The Balaban J connectivity index is 2.61. The first-order valence-corrected chi connectivity index (χ1v) is 5.49. The molecule has 13 heavy (non-hydrogen) atoms. The van der Waals surface area contributed by atoms with Gasteiger partial charge >= 0.3 is 0 Å². The molecule has 1 aliphatic rings. The molecule has 0 amide bonds. The number of rotatable bonds is 0. The average molecular weight is 183 g/mol. The molecule has 0 bridgehead atoms. The minimum atomic E-state index is 0.506. The summed E-state index contributed by atoms with van der Waals surface area (Å²) in [5.74, 6) is 0. The minimum absolute atomic E-state index is 0.506. The summed E-state index contributed by atoms with van der Waals surface area (Å²) in [6.07, 6.45) is 4.10. The van der Waals surface area contributed by atoms with Gasteiger partial charge in [0.15, 0.2) is 0 Å². The maximum atomic E-state index is 2.49. The Hall–Kier alpha value is -0.0400. The second-order valence-electron chi connectivity index (χ2n) is 6.32. The van der Waals surface area contributed by atoms with E-state index < -0.39 is 0 Å². The summed E-state index contributed by atoms with van der Waals surface area (Å²) in [6.45, 7) is 12.1. The van der Waals surface area contributed by atoms with Gasteiger partial charge in [-0.2, -0.15) is 0 Å². The highest BCUT2D eigenvalue weighted by molar-refractivity contribution is 4.81. The molecule has 0 unspecified atom stereocenters. The van der Waals surface area contributed by atoms with Crippen molar-refractivity contribution in [3.63, 3.8) is 0 Å². The third-order valence-corrected chi connectivity index (χ3v) is 3.35. The lowest BCUT2D eigenvalue weighted by Crippen LogP contribution is -2.37. The smallest absolute Gasteiger partial charge is 0.00296 e. The van der Waals surface area contributed by atoms with E-state index in [0.717, 1.165) is 0 Å². The van der Waals surface area contributed by atoms with E-state index in [1.807, 2.05) is 0 Å². The molecule has 0 aliphatic carbocycles. The molecule has 1 heterocycles. The summed E-state index contributed by atoms with van der Waals surface area (Å²) < 4.78 is 0. The first-order valence-electron chi connectivity index (χ1n) is 5.49. The van der Waals surface area contributed by atoms with Crippen molar-refractivity contribution in [2.45, 2.75) is 47.0 Å². The first kappa shape index (κ1) is 11.0. The van der Waals surface area contributed by atoms with Crippen molar-refractivity contribution < 1.29 is 0 Å². The van der Waals surface area contributed by atoms with Crippen LogP contribution in [0.4, 0.5) is 0 Å². The summed E-state index contributed by atoms with van der Waals surface area (Å²) in [7, 11) is 2.25. The maximum absolute atomic E-state index is 2.49. The highest BCUT2D eigenvalue weighted by atomic mass is 15.1. The van der Waals surface area contributed by atoms with Crippen LogP contribution in [0.5, 0.6) is 0 Å². The molecule has 0 spiro atoms. The fourth-order valence-electron chi connectivity index (χ4n) is 2.18. The molecule has 1 heteroatoms. The molecule has 0 radical (unpaired) electrons. The number of likely N-dealkylation sites (tertiary alicyclic amines) is 1. The largest absolute Gasteiger partial charge is 0.306 e. The van der Waals surface area contributed by atoms with E-state index in [1.54, 1.807) is 0 Å². The third-order valence-electron chi connectivity index (χ3n) is 3.35. The monoisotopic (exact) mass is 183 g/mol. The van der Waals surface area contributed by atoms with Crippen molar-refractivity contribution in [3.8, 4) is 0 Å². The molecule has 78 valence electrons. The Morgan fingerprint density at radius 2 is 1.38 bits per heavy atom. The predicted molar refractivity (Wildman–Crippen MR) is 58.9 cm³/mol. The average Bonchev–Trinajstić information content (AvgIpc) is 1.96. The normalized spacial score (nSPS) is 29.3. The molecular weight excluding hydrogens is 158 g/mol. The van der Waals surface area contributed by atoms with Crippen molar-refractivity contribution in [3.05, 3.63) is 0 Å². The number of hydrogen-bond donors (Lipinski definition) is 0. The van der Waals surface area contributed by atoms with Crippen LogP contribution >= 0.6 is 0 Å². The molecule has 1 saturated heterocycles. The van der Waals surface area contributed by atoms with E-state index in [9.17, 15) is 0 Å². The van der Waals surface area contributed by atoms with Crippen LogP contribution in [0, 0.1) is 10.8 Å². The molecule has 0 saturated carbocycles. The van der Waals surface area contributed by atoms with E-state index in [0.29, 0.717) is 10.8 Å². The van der Waals surface area contributed by atoms with Crippen molar-refractivity contribution in [1.82, 2.24) is 4.90 Å². The molecule has 1 aliphatic heterocycles. The Morgan fingerprint density at radius 3 is 2.00 bits per heavy atom. The fraction of sp³-hybridized carbons (Fsp3) is 1.00. The maximum Gasteiger partial charge on any atom is 0.00296 e. The van der Waals surface area contributed by atoms with Gasteiger partial charge in [-0.1, -0.05) is 27.7 Å². The Bertz CT molecular complexity index is 170. The third kappa shape index (κ3) is 3.68. The van der Waals surface area contributed by atoms with Gasteiger partial charge < -0.3 is 4.90 Å². The van der Waals surface area contributed by atoms with Crippen molar-refractivity contribution in [2.24, 2.45) is 10.8 Å². The second kappa shape index (κ2) is 3.61. The molecular formula is C12H25N. The van der Waals surface area contributed by atoms with Crippen molar-refractivity contribution in [2.75, 3.05) is 20.1 Å². The summed E-state index contributed by atoms with van der Waals surface area (Å²) in [5.41, 5.74) is 1.05. The van der Waals surface area contributed by atoms with Gasteiger partial charge in [0, 0.05) is 6.54 Å². The lowest BCUT2D eigenvalue weighted by molar-refractivity contribution is 0.118. The summed E-state index contributed by atoms with van der Waals surface area (Å²) in [4.78, 5) is 2.49. The summed E-state index contributed by atoms with van der Waals surface area (Å²) in [5, 5.41) is 0. The van der Waals surface area contributed by atoms with Gasteiger partial charge in [0.05, 0.1) is 0 Å². The van der Waals surface area contributed by atoms with Gasteiger partial charge in [-0.05, 0) is 43.7 Å². The minimum Gasteiger partial charge on any atom is -0.306 e. The fourth-order valence-corrected chi connectivity index (χ4v) is 2.18. The molecule has 0 N–H and O–H groups in total. The Morgan fingerprint density at radius 1 is 0.846 bits per heavy atom. The second-order valence-corrected chi connectivity index (χ2v) is 6.32. The van der Waals surface area contributed by atoms with Gasteiger partial charge in [0.1, 0.15) is 0 Å². The van der Waals surface area contributed by atoms with Crippen LogP contribution in [0.25, 0.3) is 0 Å². The number of hydrogen-bond acceptors (Lipinski definition) is 1. The van der Waals surface area contributed by atoms with Gasteiger partial charge in [0.25, 0.3) is 0 Å². The van der Waals surface area contributed by atoms with Crippen LogP contribution in [0.2, 0.25) is 0 Å². The summed E-state index contributed by atoms with van der Waals surface area (Å²) in [6, 6.07) is 0. The van der Waals surface area contributed by atoms with Gasteiger partial charge in [-0.15, -0.1) is 0 Å². The SMILES string of the molecule is CN1CCC(C)(C)CCC(C)(C)C1. The van der Waals surface area contributed by atoms with Crippen LogP contribution in [0.3, 0.4) is 0 Å². The van der Waals surface area contributed by atoms with Crippen LogP contribution in [-0.2, 0) is 0 Å². The van der Waals surface area contributed by atoms with E-state index >= 15 is 0 Å². The lowest BCUT2D eigenvalue weighted by atomic mass is 9.75. The van der Waals surface area contributed by atoms with Crippen LogP contribution in [0.1, 0.15) is 47.0 Å². The van der Waals surface area contributed by atoms with Crippen molar-refractivity contribution in [1.29, 1.82) is 0 Å². The standard InChI is InChI=1S/C12H25N/c1-11(2)6-7-12(3,4)10-13(5)9-8-11/h6-10H2,1-5H3. The van der Waals surface area contributed by atoms with Gasteiger partial charge in [-0.3, -0.25) is 0 Å². The highest BCUT2D eigenvalue weighted by Crippen LogP contribution is 2.35. The molecule has 0 aromatic heterocycles. The van der Waals surface area contributed by atoms with Crippen LogP contribution in [0.15, 0.2) is 0 Å². The van der Waals surface area contributed by atoms with Gasteiger partial charge in [-0.25, -0.2) is 0 Å². The van der Waals surface area contributed by atoms with Gasteiger partial charge in [0.2, 0.25) is 0 Å². The van der Waals surface area contributed by atoms with E-state index in [1.165, 1.54) is 32.4 Å². The zero-order valence-electron chi connectivity index (χ0n) is 9.98. The zero-order valence-corrected chi connectivity index (χ0v) is 9.98. The Kier molecular flexibility index (Phi) is 3.06. The first-order chi connectivity index (χ1) is 5.81.